The summed E-state index contributed by atoms with van der Waals surface area (Å²) in [5.41, 5.74) is 3.69. The molecule has 1 aliphatic heterocycles. The summed E-state index contributed by atoms with van der Waals surface area (Å²) < 4.78 is 2.58. The molecule has 4 nitrogen and oxygen atoms in total. The van der Waals surface area contributed by atoms with E-state index in [1.165, 1.54) is 24.0 Å². The van der Waals surface area contributed by atoms with Crippen molar-refractivity contribution in [1.29, 1.82) is 0 Å². The molecule has 128 valence electrons. The van der Waals surface area contributed by atoms with Crippen LogP contribution in [0, 0.1) is 11.7 Å². The molecule has 0 radical (unpaired) electrons. The molecule has 3 aromatic rings. The number of hydrogen-bond acceptors (Lipinski definition) is 3. The maximum atomic E-state index is 5.48. The van der Waals surface area contributed by atoms with Crippen LogP contribution in [0.2, 0.25) is 0 Å². The van der Waals surface area contributed by atoms with Crippen molar-refractivity contribution in [2.24, 2.45) is 0 Å². The minimum atomic E-state index is 0.453. The zero-order chi connectivity index (χ0) is 17.2. The predicted molar refractivity (Wildman–Crippen MR) is 103 cm³/mol. The van der Waals surface area contributed by atoms with Gasteiger partial charge in [-0.1, -0.05) is 60.2 Å². The molecule has 2 heterocycles. The molecule has 1 aliphatic rings. The lowest BCUT2D eigenvalue weighted by atomic mass is 10.1. The summed E-state index contributed by atoms with van der Waals surface area (Å²) in [5.74, 6) is 0.834. The van der Waals surface area contributed by atoms with Crippen molar-refractivity contribution in [2.75, 3.05) is 6.54 Å². The molecule has 0 saturated carbocycles. The highest BCUT2D eigenvalue weighted by Gasteiger charge is 2.26. The number of nitrogens with zero attached hydrogens (tertiary/aromatic N) is 3. The van der Waals surface area contributed by atoms with Gasteiger partial charge in [-0.15, -0.1) is 0 Å². The number of aromatic amines is 1. The Labute approximate surface area is 153 Å². The fourth-order valence-corrected chi connectivity index (χ4v) is 3.72. The summed E-state index contributed by atoms with van der Waals surface area (Å²) >= 11 is 5.48. The maximum absolute atomic E-state index is 5.48. The van der Waals surface area contributed by atoms with Crippen molar-refractivity contribution >= 4 is 12.2 Å². The summed E-state index contributed by atoms with van der Waals surface area (Å²) in [6.45, 7) is 3.92. The molecule has 0 amide bonds. The molecule has 2 aromatic carbocycles. The van der Waals surface area contributed by atoms with Crippen LogP contribution in [-0.2, 0) is 6.67 Å². The van der Waals surface area contributed by atoms with Gasteiger partial charge < -0.3 is 0 Å². The van der Waals surface area contributed by atoms with E-state index < -0.39 is 0 Å². The van der Waals surface area contributed by atoms with Gasteiger partial charge in [0.15, 0.2) is 5.82 Å². The molecule has 1 atom stereocenters. The molecule has 1 fully saturated rings. The molecule has 1 saturated heterocycles. The second kappa shape index (κ2) is 6.94. The van der Waals surface area contributed by atoms with Gasteiger partial charge in [0.05, 0.1) is 6.67 Å². The van der Waals surface area contributed by atoms with Gasteiger partial charge in [-0.25, -0.2) is 4.68 Å². The van der Waals surface area contributed by atoms with Crippen LogP contribution in [0.1, 0.15) is 30.0 Å². The summed E-state index contributed by atoms with van der Waals surface area (Å²) in [6.07, 6.45) is 2.40. The van der Waals surface area contributed by atoms with E-state index in [0.717, 1.165) is 24.6 Å². The standard InChI is InChI=1S/C20H22N4S/c1-15-9-11-17(12-10-15)19-21-20(25)24(22-19)14-23-13-5-8-18(23)16-6-3-2-4-7-16/h2-4,6-7,9-12,18H,5,8,13-14H2,1H3,(H,21,22,25)/t18-/m1/s1. The van der Waals surface area contributed by atoms with Crippen molar-refractivity contribution in [3.63, 3.8) is 0 Å². The number of aryl methyl sites for hydroxylation is 1. The topological polar surface area (TPSA) is 36.9 Å². The third-order valence-corrected chi connectivity index (χ3v) is 5.19. The van der Waals surface area contributed by atoms with Crippen molar-refractivity contribution in [3.05, 3.63) is 70.5 Å². The van der Waals surface area contributed by atoms with E-state index in [1.54, 1.807) is 0 Å². The lowest BCUT2D eigenvalue weighted by Crippen LogP contribution is -2.26. The molecule has 0 bridgehead atoms. The summed E-state index contributed by atoms with van der Waals surface area (Å²) in [7, 11) is 0. The third-order valence-electron chi connectivity index (χ3n) is 4.88. The molecule has 0 unspecified atom stereocenters. The van der Waals surface area contributed by atoms with Crippen LogP contribution in [0.15, 0.2) is 54.6 Å². The van der Waals surface area contributed by atoms with Gasteiger partial charge >= 0.3 is 0 Å². The first-order valence-electron chi connectivity index (χ1n) is 8.73. The second-order valence-corrected chi connectivity index (χ2v) is 7.04. The second-order valence-electron chi connectivity index (χ2n) is 6.67. The highest BCUT2D eigenvalue weighted by Crippen LogP contribution is 2.32. The fraction of sp³-hybridized carbons (Fsp3) is 0.300. The maximum Gasteiger partial charge on any atom is 0.217 e. The highest BCUT2D eigenvalue weighted by molar-refractivity contribution is 7.71. The van der Waals surface area contributed by atoms with E-state index >= 15 is 0 Å². The summed E-state index contributed by atoms with van der Waals surface area (Å²) in [6, 6.07) is 19.5. The van der Waals surface area contributed by atoms with Crippen LogP contribution in [-0.4, -0.2) is 26.2 Å². The van der Waals surface area contributed by atoms with Crippen molar-refractivity contribution in [2.45, 2.75) is 32.5 Å². The van der Waals surface area contributed by atoms with E-state index in [0.29, 0.717) is 10.8 Å². The Morgan fingerprint density at radius 2 is 1.88 bits per heavy atom. The Balaban J connectivity index is 1.56. The van der Waals surface area contributed by atoms with E-state index in [9.17, 15) is 0 Å². The van der Waals surface area contributed by atoms with Gasteiger partial charge in [0, 0.05) is 18.2 Å². The van der Waals surface area contributed by atoms with Crippen LogP contribution in [0.5, 0.6) is 0 Å². The number of aromatic nitrogens is 3. The molecule has 4 rings (SSSR count). The van der Waals surface area contributed by atoms with Gasteiger partial charge in [0.1, 0.15) is 0 Å². The number of benzene rings is 2. The Hall–Kier alpha value is -2.24. The van der Waals surface area contributed by atoms with Crippen molar-refractivity contribution < 1.29 is 0 Å². The lowest BCUT2D eigenvalue weighted by Gasteiger charge is -2.24. The molecule has 1 aromatic heterocycles. The molecule has 5 heteroatoms. The van der Waals surface area contributed by atoms with Crippen molar-refractivity contribution in [3.8, 4) is 11.4 Å². The van der Waals surface area contributed by atoms with Gasteiger partial charge in [0.2, 0.25) is 4.77 Å². The summed E-state index contributed by atoms with van der Waals surface area (Å²) in [5, 5.41) is 3.38. The first-order chi connectivity index (χ1) is 12.2. The molecule has 25 heavy (non-hydrogen) atoms. The van der Waals surface area contributed by atoms with Gasteiger partial charge in [0.25, 0.3) is 0 Å². The quantitative estimate of drug-likeness (QED) is 0.692. The zero-order valence-electron chi connectivity index (χ0n) is 14.4. The van der Waals surface area contributed by atoms with Gasteiger partial charge in [-0.05, 0) is 37.5 Å². The van der Waals surface area contributed by atoms with E-state index in [-0.39, 0.29) is 0 Å². The van der Waals surface area contributed by atoms with Crippen LogP contribution >= 0.6 is 12.2 Å². The molecular weight excluding hydrogens is 328 g/mol. The highest BCUT2D eigenvalue weighted by atomic mass is 32.1. The largest absolute Gasteiger partial charge is 0.278 e. The van der Waals surface area contributed by atoms with Crippen LogP contribution in [0.4, 0.5) is 0 Å². The minimum absolute atomic E-state index is 0.453. The normalized spacial score (nSPS) is 17.9. The zero-order valence-corrected chi connectivity index (χ0v) is 15.2. The number of H-pyrrole nitrogens is 1. The minimum Gasteiger partial charge on any atom is -0.278 e. The van der Waals surface area contributed by atoms with E-state index in [4.69, 9.17) is 12.2 Å². The summed E-state index contributed by atoms with van der Waals surface area (Å²) in [4.78, 5) is 7.02. The van der Waals surface area contributed by atoms with E-state index in [2.05, 4.69) is 76.5 Å². The van der Waals surface area contributed by atoms with Gasteiger partial charge in [-0.3, -0.25) is 10.00 Å². The number of nitrogens with one attached hydrogen (secondary N) is 1. The first kappa shape index (κ1) is 16.2. The Morgan fingerprint density at radius 3 is 2.64 bits per heavy atom. The Kier molecular flexibility index (Phi) is 4.51. The average Bonchev–Trinajstić information content (AvgIpc) is 3.24. The fourth-order valence-electron chi connectivity index (χ4n) is 3.52. The smallest absolute Gasteiger partial charge is 0.217 e. The Bertz CT molecular complexity index is 895. The lowest BCUT2D eigenvalue weighted by molar-refractivity contribution is 0.190. The Morgan fingerprint density at radius 1 is 1.12 bits per heavy atom. The molecular formula is C20H22N4S. The number of hydrogen-bond donors (Lipinski definition) is 1. The molecule has 0 spiro atoms. The van der Waals surface area contributed by atoms with E-state index in [1.807, 2.05) is 4.68 Å². The van der Waals surface area contributed by atoms with Crippen LogP contribution < -0.4 is 0 Å². The number of rotatable bonds is 4. The number of likely N-dealkylation sites (tertiary alicyclic amines) is 1. The van der Waals surface area contributed by atoms with Crippen molar-refractivity contribution in [1.82, 2.24) is 19.7 Å². The third kappa shape index (κ3) is 3.43. The molecule has 1 N–H and O–H groups in total. The molecule has 0 aliphatic carbocycles. The monoisotopic (exact) mass is 350 g/mol. The predicted octanol–water partition coefficient (Wildman–Crippen LogP) is 4.71. The average molecular weight is 350 g/mol. The van der Waals surface area contributed by atoms with Crippen LogP contribution in [0.25, 0.3) is 11.4 Å². The SMILES string of the molecule is Cc1ccc(-c2nc(=S)n(CN3CCC[C@@H]3c3ccccc3)[nH]2)cc1. The first-order valence-corrected chi connectivity index (χ1v) is 9.14. The van der Waals surface area contributed by atoms with Crippen LogP contribution in [0.3, 0.4) is 0 Å². The van der Waals surface area contributed by atoms with Gasteiger partial charge in [-0.2, -0.15) is 4.98 Å².